The summed E-state index contributed by atoms with van der Waals surface area (Å²) >= 11 is 3.45. The molecule has 1 aromatic heterocycles. The fraction of sp³-hybridized carbons (Fsp3) is 0.706. The molecule has 0 amide bonds. The first-order valence-corrected chi connectivity index (χ1v) is 9.08. The molecule has 4 fully saturated rings. The highest BCUT2D eigenvalue weighted by molar-refractivity contribution is 9.10. The molecule has 0 radical (unpaired) electrons. The van der Waals surface area contributed by atoms with E-state index in [1.54, 1.807) is 0 Å². The number of nitrogens with two attached hydrogens (primary N) is 1. The molecule has 5 rings (SSSR count). The highest BCUT2D eigenvalue weighted by Crippen LogP contribution is 2.57. The Balaban J connectivity index is 1.51. The van der Waals surface area contributed by atoms with Gasteiger partial charge >= 0.3 is 0 Å². The van der Waals surface area contributed by atoms with Crippen molar-refractivity contribution in [3.63, 3.8) is 0 Å². The minimum absolute atomic E-state index is 0.383. The van der Waals surface area contributed by atoms with E-state index in [4.69, 9.17) is 5.84 Å². The molecule has 4 heteroatoms. The molecule has 3 nitrogen and oxygen atoms in total. The Labute approximate surface area is 135 Å². The predicted octanol–water partition coefficient (Wildman–Crippen LogP) is 3.29. The molecule has 4 saturated carbocycles. The average Bonchev–Trinajstić information content (AvgIpc) is 2.47. The molecule has 1 unspecified atom stereocenters. The summed E-state index contributed by atoms with van der Waals surface area (Å²) in [6.45, 7) is 0. The van der Waals surface area contributed by atoms with Gasteiger partial charge in [-0.3, -0.25) is 16.3 Å². The third-order valence-electron chi connectivity index (χ3n) is 6.20. The number of pyridine rings is 1. The van der Waals surface area contributed by atoms with Gasteiger partial charge in [-0.05, 0) is 89.8 Å². The largest absolute Gasteiger partial charge is 0.271 e. The fourth-order valence-electron chi connectivity index (χ4n) is 5.68. The number of hydrogen-bond acceptors (Lipinski definition) is 3. The maximum absolute atomic E-state index is 5.94. The maximum atomic E-state index is 5.94. The van der Waals surface area contributed by atoms with Gasteiger partial charge in [0, 0.05) is 28.8 Å². The molecule has 114 valence electrons. The van der Waals surface area contributed by atoms with Crippen LogP contribution < -0.4 is 11.3 Å². The Morgan fingerprint density at radius 1 is 1.14 bits per heavy atom. The minimum atomic E-state index is 0.383. The SMILES string of the molecule is NNC(Cc1ccc(Br)cn1)C1C2CC3CC(C2)CC1C3. The van der Waals surface area contributed by atoms with Gasteiger partial charge in [0.05, 0.1) is 0 Å². The van der Waals surface area contributed by atoms with E-state index in [-0.39, 0.29) is 0 Å². The number of rotatable bonds is 4. The number of nitrogens with zero attached hydrogens (tertiary/aromatic N) is 1. The molecule has 0 saturated heterocycles. The predicted molar refractivity (Wildman–Crippen MR) is 87.3 cm³/mol. The summed E-state index contributed by atoms with van der Waals surface area (Å²) in [5, 5.41) is 0. The Hall–Kier alpha value is -0.450. The number of hydrogen-bond donors (Lipinski definition) is 2. The molecular formula is C17H24BrN3. The molecule has 4 aliphatic rings. The Morgan fingerprint density at radius 3 is 2.33 bits per heavy atom. The van der Waals surface area contributed by atoms with E-state index in [2.05, 4.69) is 38.5 Å². The molecule has 3 N–H and O–H groups in total. The van der Waals surface area contributed by atoms with Crippen molar-refractivity contribution in [2.75, 3.05) is 0 Å². The van der Waals surface area contributed by atoms with Crippen molar-refractivity contribution in [1.29, 1.82) is 0 Å². The van der Waals surface area contributed by atoms with Gasteiger partial charge in [-0.15, -0.1) is 0 Å². The van der Waals surface area contributed by atoms with Crippen LogP contribution in [-0.4, -0.2) is 11.0 Å². The third kappa shape index (κ3) is 2.66. The topological polar surface area (TPSA) is 50.9 Å². The van der Waals surface area contributed by atoms with E-state index >= 15 is 0 Å². The zero-order valence-electron chi connectivity index (χ0n) is 12.3. The van der Waals surface area contributed by atoms with Crippen LogP contribution in [0.4, 0.5) is 0 Å². The van der Waals surface area contributed by atoms with Crippen LogP contribution in [0.2, 0.25) is 0 Å². The maximum Gasteiger partial charge on any atom is 0.0420 e. The van der Waals surface area contributed by atoms with Crippen LogP contribution in [-0.2, 0) is 6.42 Å². The number of hydrazine groups is 1. The Bertz CT molecular complexity index is 473. The summed E-state index contributed by atoms with van der Waals surface area (Å²) in [5.74, 6) is 10.5. The summed E-state index contributed by atoms with van der Waals surface area (Å²) in [4.78, 5) is 4.54. The van der Waals surface area contributed by atoms with E-state index in [0.717, 1.165) is 46.2 Å². The first kappa shape index (κ1) is 14.2. The lowest BCUT2D eigenvalue weighted by molar-refractivity contribution is -0.0518. The molecule has 21 heavy (non-hydrogen) atoms. The number of halogens is 1. The molecule has 0 aliphatic heterocycles. The van der Waals surface area contributed by atoms with Crippen LogP contribution in [0.25, 0.3) is 0 Å². The van der Waals surface area contributed by atoms with Crippen LogP contribution in [0.1, 0.15) is 37.8 Å². The first-order valence-electron chi connectivity index (χ1n) is 8.29. The fourth-order valence-corrected chi connectivity index (χ4v) is 5.92. The molecule has 1 heterocycles. The van der Waals surface area contributed by atoms with E-state index in [1.807, 2.05) is 6.20 Å². The van der Waals surface area contributed by atoms with Crippen molar-refractivity contribution in [2.45, 2.75) is 44.6 Å². The molecule has 1 atom stereocenters. The zero-order chi connectivity index (χ0) is 14.4. The van der Waals surface area contributed by atoms with Crippen LogP contribution >= 0.6 is 15.9 Å². The Morgan fingerprint density at radius 2 is 1.81 bits per heavy atom. The summed E-state index contributed by atoms with van der Waals surface area (Å²) < 4.78 is 1.04. The van der Waals surface area contributed by atoms with E-state index in [0.29, 0.717) is 6.04 Å². The van der Waals surface area contributed by atoms with Crippen molar-refractivity contribution in [2.24, 2.45) is 35.4 Å². The summed E-state index contributed by atoms with van der Waals surface area (Å²) in [6.07, 6.45) is 10.1. The monoisotopic (exact) mass is 349 g/mol. The molecule has 4 bridgehead atoms. The van der Waals surface area contributed by atoms with Crippen LogP contribution in [0.15, 0.2) is 22.8 Å². The van der Waals surface area contributed by atoms with Crippen molar-refractivity contribution < 1.29 is 0 Å². The molecule has 4 aliphatic carbocycles. The van der Waals surface area contributed by atoms with Crippen LogP contribution in [0.5, 0.6) is 0 Å². The second-order valence-corrected chi connectivity index (χ2v) is 8.37. The number of aromatic nitrogens is 1. The normalized spacial score (nSPS) is 38.7. The lowest BCUT2D eigenvalue weighted by Crippen LogP contribution is -2.55. The highest BCUT2D eigenvalue weighted by atomic mass is 79.9. The van der Waals surface area contributed by atoms with Gasteiger partial charge in [0.15, 0.2) is 0 Å². The third-order valence-corrected chi connectivity index (χ3v) is 6.67. The van der Waals surface area contributed by atoms with Gasteiger partial charge < -0.3 is 0 Å². The quantitative estimate of drug-likeness (QED) is 0.647. The minimum Gasteiger partial charge on any atom is -0.271 e. The van der Waals surface area contributed by atoms with Gasteiger partial charge in [0.25, 0.3) is 0 Å². The van der Waals surface area contributed by atoms with Crippen molar-refractivity contribution in [3.8, 4) is 0 Å². The first-order chi connectivity index (χ1) is 10.2. The van der Waals surface area contributed by atoms with Gasteiger partial charge in [0.1, 0.15) is 0 Å². The molecule has 0 aromatic carbocycles. The molecule has 1 aromatic rings. The van der Waals surface area contributed by atoms with E-state index in [1.165, 1.54) is 32.1 Å². The second kappa shape index (κ2) is 5.64. The molecule has 0 spiro atoms. The highest BCUT2D eigenvalue weighted by Gasteiger charge is 2.50. The lowest BCUT2D eigenvalue weighted by Gasteiger charge is -2.56. The van der Waals surface area contributed by atoms with Crippen molar-refractivity contribution >= 4 is 15.9 Å². The van der Waals surface area contributed by atoms with Gasteiger partial charge in [-0.25, -0.2) is 0 Å². The van der Waals surface area contributed by atoms with Gasteiger partial charge in [0.2, 0.25) is 0 Å². The number of nitrogens with one attached hydrogen (secondary N) is 1. The van der Waals surface area contributed by atoms with E-state index in [9.17, 15) is 0 Å². The van der Waals surface area contributed by atoms with Crippen molar-refractivity contribution in [3.05, 3.63) is 28.5 Å². The second-order valence-electron chi connectivity index (χ2n) is 7.45. The average molecular weight is 350 g/mol. The van der Waals surface area contributed by atoms with Crippen LogP contribution in [0, 0.1) is 29.6 Å². The summed E-state index contributed by atoms with van der Waals surface area (Å²) in [6, 6.07) is 4.57. The van der Waals surface area contributed by atoms with Crippen molar-refractivity contribution in [1.82, 2.24) is 10.4 Å². The summed E-state index contributed by atoms with van der Waals surface area (Å²) in [7, 11) is 0. The summed E-state index contributed by atoms with van der Waals surface area (Å²) in [5.41, 5.74) is 4.29. The lowest BCUT2D eigenvalue weighted by atomic mass is 9.50. The zero-order valence-corrected chi connectivity index (χ0v) is 13.9. The van der Waals surface area contributed by atoms with Gasteiger partial charge in [-0.2, -0.15) is 0 Å². The smallest absolute Gasteiger partial charge is 0.0420 e. The van der Waals surface area contributed by atoms with Gasteiger partial charge in [-0.1, -0.05) is 0 Å². The van der Waals surface area contributed by atoms with E-state index < -0.39 is 0 Å². The Kier molecular flexibility index (Phi) is 3.80. The van der Waals surface area contributed by atoms with Crippen LogP contribution in [0.3, 0.4) is 0 Å². The molecular weight excluding hydrogens is 326 g/mol. The standard InChI is InChI=1S/C17H24BrN3/c18-14-1-2-15(20-9-14)8-16(21-19)17-12-4-10-3-11(6-12)7-13(17)5-10/h1-2,9-13,16-17,21H,3-8,19H2.